The lowest BCUT2D eigenvalue weighted by Crippen LogP contribution is -2.43. The molecule has 1 amide bonds. The Bertz CT molecular complexity index is 447. The Morgan fingerprint density at radius 3 is 2.71 bits per heavy atom. The number of carbonyl (C=O) groups excluding carboxylic acids is 1. The summed E-state index contributed by atoms with van der Waals surface area (Å²) in [5.41, 5.74) is 4.18. The molecule has 0 bridgehead atoms. The summed E-state index contributed by atoms with van der Waals surface area (Å²) >= 11 is 0. The summed E-state index contributed by atoms with van der Waals surface area (Å²) in [6.07, 6.45) is 1.81. The fourth-order valence-corrected chi connectivity index (χ4v) is 1.26. The fourth-order valence-electron chi connectivity index (χ4n) is 1.26. The van der Waals surface area contributed by atoms with Crippen molar-refractivity contribution in [2.45, 2.75) is 25.8 Å². The number of pyridine rings is 1. The van der Waals surface area contributed by atoms with Crippen LogP contribution in [0.5, 0.6) is 0 Å². The molecule has 92 valence electrons. The number of nitrogens with zero attached hydrogens (tertiary/aromatic N) is 1. The summed E-state index contributed by atoms with van der Waals surface area (Å²) in [5.74, 6) is -1.47. The highest BCUT2D eigenvalue weighted by Gasteiger charge is 2.32. The number of carboxylic acid groups (broad SMARTS) is 1. The van der Waals surface area contributed by atoms with E-state index in [0.29, 0.717) is 6.42 Å². The Hall–Kier alpha value is -2.11. The van der Waals surface area contributed by atoms with E-state index in [-0.39, 0.29) is 11.4 Å². The summed E-state index contributed by atoms with van der Waals surface area (Å²) in [6.45, 7) is 3.25. The highest BCUT2D eigenvalue weighted by Crippen LogP contribution is 2.20. The van der Waals surface area contributed by atoms with Crippen LogP contribution in [-0.2, 0) is 4.79 Å². The number of primary amides is 1. The van der Waals surface area contributed by atoms with Crippen molar-refractivity contribution in [2.24, 2.45) is 5.73 Å². The van der Waals surface area contributed by atoms with Gasteiger partial charge in [-0.05, 0) is 25.5 Å². The van der Waals surface area contributed by atoms with E-state index in [1.165, 1.54) is 19.2 Å². The molecule has 17 heavy (non-hydrogen) atoms. The summed E-state index contributed by atoms with van der Waals surface area (Å²) in [7, 11) is 0. The number of hydrogen-bond acceptors (Lipinski definition) is 4. The molecule has 6 heteroatoms. The molecule has 0 saturated heterocycles. The van der Waals surface area contributed by atoms with Crippen LogP contribution in [0, 0.1) is 0 Å². The van der Waals surface area contributed by atoms with Crippen LogP contribution in [0.1, 0.15) is 30.6 Å². The number of nitrogens with two attached hydrogens (primary N) is 1. The summed E-state index contributed by atoms with van der Waals surface area (Å²) < 4.78 is 0. The minimum atomic E-state index is -1.18. The molecule has 0 radical (unpaired) electrons. The Morgan fingerprint density at radius 2 is 2.24 bits per heavy atom. The van der Waals surface area contributed by atoms with Crippen LogP contribution in [0.4, 0.5) is 5.82 Å². The Labute approximate surface area is 98.8 Å². The highest BCUT2D eigenvalue weighted by atomic mass is 16.4. The van der Waals surface area contributed by atoms with Crippen molar-refractivity contribution in [3.05, 3.63) is 23.9 Å². The van der Waals surface area contributed by atoms with Crippen molar-refractivity contribution in [2.75, 3.05) is 5.32 Å². The average molecular weight is 237 g/mol. The number of carbonyl (C=O) groups is 2. The predicted octanol–water partition coefficient (Wildman–Crippen LogP) is 0.846. The summed E-state index contributed by atoms with van der Waals surface area (Å²) in [5, 5.41) is 11.9. The fraction of sp³-hybridized carbons (Fsp3) is 0.364. The van der Waals surface area contributed by atoms with Crippen LogP contribution in [0.2, 0.25) is 0 Å². The van der Waals surface area contributed by atoms with Crippen molar-refractivity contribution in [3.8, 4) is 0 Å². The van der Waals surface area contributed by atoms with Gasteiger partial charge in [-0.3, -0.25) is 4.79 Å². The first-order chi connectivity index (χ1) is 7.90. The molecule has 1 heterocycles. The van der Waals surface area contributed by atoms with E-state index in [2.05, 4.69) is 10.3 Å². The van der Waals surface area contributed by atoms with Crippen molar-refractivity contribution < 1.29 is 14.7 Å². The number of hydrogen-bond donors (Lipinski definition) is 3. The van der Waals surface area contributed by atoms with Crippen molar-refractivity contribution >= 4 is 17.7 Å². The molecule has 0 saturated carbocycles. The van der Waals surface area contributed by atoms with E-state index in [9.17, 15) is 9.59 Å². The standard InChI is InChI=1S/C11H15N3O3/c1-3-11(2,10(16)17)14-9-7(8(12)15)5-4-6-13-9/h4-6H,3H2,1-2H3,(H2,12,15)(H,13,14)(H,16,17). The molecule has 1 rings (SSSR count). The van der Waals surface area contributed by atoms with Gasteiger partial charge in [-0.1, -0.05) is 6.92 Å². The first-order valence-electron chi connectivity index (χ1n) is 5.17. The van der Waals surface area contributed by atoms with E-state index < -0.39 is 17.4 Å². The van der Waals surface area contributed by atoms with E-state index in [1.54, 1.807) is 13.0 Å². The van der Waals surface area contributed by atoms with Crippen LogP contribution in [0.15, 0.2) is 18.3 Å². The Balaban J connectivity index is 3.10. The van der Waals surface area contributed by atoms with Gasteiger partial charge in [0, 0.05) is 6.20 Å². The number of carboxylic acids is 1. The Kier molecular flexibility index (Phi) is 3.67. The van der Waals surface area contributed by atoms with E-state index in [0.717, 1.165) is 0 Å². The molecular weight excluding hydrogens is 222 g/mol. The van der Waals surface area contributed by atoms with Gasteiger partial charge in [0.1, 0.15) is 11.4 Å². The molecule has 0 aliphatic rings. The summed E-state index contributed by atoms with van der Waals surface area (Å²) in [4.78, 5) is 26.2. The molecule has 1 atom stereocenters. The molecule has 1 aromatic heterocycles. The van der Waals surface area contributed by atoms with Gasteiger partial charge in [0.15, 0.2) is 0 Å². The van der Waals surface area contributed by atoms with Crippen LogP contribution < -0.4 is 11.1 Å². The quantitative estimate of drug-likeness (QED) is 0.703. The van der Waals surface area contributed by atoms with Gasteiger partial charge < -0.3 is 16.2 Å². The molecule has 1 aromatic rings. The number of aliphatic carboxylic acids is 1. The molecule has 0 aromatic carbocycles. The van der Waals surface area contributed by atoms with Crippen molar-refractivity contribution in [1.82, 2.24) is 4.98 Å². The molecule has 0 aliphatic heterocycles. The first-order valence-corrected chi connectivity index (χ1v) is 5.17. The maximum atomic E-state index is 11.2. The second kappa shape index (κ2) is 4.82. The monoisotopic (exact) mass is 237 g/mol. The SMILES string of the molecule is CCC(C)(Nc1ncccc1C(N)=O)C(=O)O. The van der Waals surface area contributed by atoms with Crippen LogP contribution in [0.3, 0.4) is 0 Å². The molecule has 0 aliphatic carbocycles. The second-order valence-electron chi connectivity index (χ2n) is 3.88. The number of aromatic nitrogens is 1. The molecule has 0 spiro atoms. The zero-order valence-corrected chi connectivity index (χ0v) is 9.73. The largest absolute Gasteiger partial charge is 0.480 e. The van der Waals surface area contributed by atoms with Crippen molar-refractivity contribution in [3.63, 3.8) is 0 Å². The smallest absolute Gasteiger partial charge is 0.329 e. The van der Waals surface area contributed by atoms with E-state index in [1.807, 2.05) is 0 Å². The summed E-state index contributed by atoms with van der Waals surface area (Å²) in [6, 6.07) is 3.06. The molecule has 1 unspecified atom stereocenters. The third-order valence-electron chi connectivity index (χ3n) is 2.65. The molecule has 6 nitrogen and oxygen atoms in total. The Morgan fingerprint density at radius 1 is 1.59 bits per heavy atom. The van der Waals surface area contributed by atoms with Gasteiger partial charge in [-0.25, -0.2) is 9.78 Å². The second-order valence-corrected chi connectivity index (χ2v) is 3.88. The molecule has 4 N–H and O–H groups in total. The first kappa shape index (κ1) is 13.0. The van der Waals surface area contributed by atoms with Crippen LogP contribution in [0.25, 0.3) is 0 Å². The third kappa shape index (κ3) is 2.72. The normalized spacial score (nSPS) is 13.8. The third-order valence-corrected chi connectivity index (χ3v) is 2.65. The van der Waals surface area contributed by atoms with Crippen LogP contribution >= 0.6 is 0 Å². The van der Waals surface area contributed by atoms with Gasteiger partial charge in [0.2, 0.25) is 0 Å². The highest BCUT2D eigenvalue weighted by molar-refractivity contribution is 5.98. The van der Waals surface area contributed by atoms with Gasteiger partial charge >= 0.3 is 5.97 Å². The van der Waals surface area contributed by atoms with Crippen LogP contribution in [-0.4, -0.2) is 27.5 Å². The number of amides is 1. The molecule has 0 fully saturated rings. The van der Waals surface area contributed by atoms with Gasteiger partial charge in [0.25, 0.3) is 5.91 Å². The maximum absolute atomic E-state index is 11.2. The lowest BCUT2D eigenvalue weighted by molar-refractivity contribution is -0.141. The van der Waals surface area contributed by atoms with Gasteiger partial charge in [-0.15, -0.1) is 0 Å². The minimum Gasteiger partial charge on any atom is -0.480 e. The minimum absolute atomic E-state index is 0.174. The predicted molar refractivity (Wildman–Crippen MR) is 62.7 cm³/mol. The lowest BCUT2D eigenvalue weighted by atomic mass is 9.99. The zero-order chi connectivity index (χ0) is 13.1. The topological polar surface area (TPSA) is 105 Å². The zero-order valence-electron chi connectivity index (χ0n) is 9.73. The van der Waals surface area contributed by atoms with E-state index in [4.69, 9.17) is 10.8 Å². The number of anilines is 1. The van der Waals surface area contributed by atoms with Gasteiger partial charge in [0.05, 0.1) is 5.56 Å². The van der Waals surface area contributed by atoms with Crippen molar-refractivity contribution in [1.29, 1.82) is 0 Å². The lowest BCUT2D eigenvalue weighted by Gasteiger charge is -2.25. The van der Waals surface area contributed by atoms with Gasteiger partial charge in [-0.2, -0.15) is 0 Å². The maximum Gasteiger partial charge on any atom is 0.329 e. The average Bonchev–Trinajstić information content (AvgIpc) is 2.29. The number of nitrogens with one attached hydrogen (secondary N) is 1. The number of rotatable bonds is 5. The molecular formula is C11H15N3O3. The van der Waals surface area contributed by atoms with E-state index >= 15 is 0 Å².